The van der Waals surface area contributed by atoms with Crippen LogP contribution in [0.4, 0.5) is 11.9 Å². The number of nitrogens with zero attached hydrogens (tertiary/aromatic N) is 7. The van der Waals surface area contributed by atoms with E-state index in [1.807, 2.05) is 12.1 Å². The van der Waals surface area contributed by atoms with Gasteiger partial charge in [-0.05, 0) is 80.4 Å². The van der Waals surface area contributed by atoms with Gasteiger partial charge in [-0.3, -0.25) is 0 Å². The van der Waals surface area contributed by atoms with Crippen LogP contribution in [0.2, 0.25) is 0 Å². The predicted octanol–water partition coefficient (Wildman–Crippen LogP) is 3.16. The van der Waals surface area contributed by atoms with Gasteiger partial charge >= 0.3 is 5.97 Å². The number of nitrogens with two attached hydrogens (primary N) is 1. The zero-order chi connectivity index (χ0) is 25.4. The zero-order valence-corrected chi connectivity index (χ0v) is 20.5. The molecule has 2 fully saturated rings. The fraction of sp³-hybridized carbons (Fsp3) is 0.423. The summed E-state index contributed by atoms with van der Waals surface area (Å²) < 4.78 is 6.85. The number of likely N-dealkylation sites (tertiary alicyclic amines) is 1. The molecule has 0 radical (unpaired) electrons. The predicted molar refractivity (Wildman–Crippen MR) is 137 cm³/mol. The van der Waals surface area contributed by atoms with Gasteiger partial charge in [0.1, 0.15) is 0 Å². The summed E-state index contributed by atoms with van der Waals surface area (Å²) in [6.07, 6.45) is 6.01. The lowest BCUT2D eigenvalue weighted by Gasteiger charge is -2.38. The second-order valence-corrected chi connectivity index (χ2v) is 9.96. The average Bonchev–Trinajstić information content (AvgIpc) is 3.60. The number of furan rings is 1. The third-order valence-electron chi connectivity index (χ3n) is 7.50. The Kier molecular flexibility index (Phi) is 6.21. The second-order valence-electron chi connectivity index (χ2n) is 9.96. The first kappa shape index (κ1) is 23.4. The number of aromatic carboxylic acids is 1. The first-order valence-corrected chi connectivity index (χ1v) is 12.8. The van der Waals surface area contributed by atoms with Gasteiger partial charge in [0.25, 0.3) is 5.78 Å². The lowest BCUT2D eigenvalue weighted by atomic mass is 9.88. The molecular weight excluding hydrogens is 472 g/mol. The highest BCUT2D eigenvalue weighted by atomic mass is 16.4. The van der Waals surface area contributed by atoms with Crippen molar-refractivity contribution in [3.63, 3.8) is 0 Å². The van der Waals surface area contributed by atoms with Crippen LogP contribution >= 0.6 is 0 Å². The number of carboxylic acids is 1. The summed E-state index contributed by atoms with van der Waals surface area (Å²) in [4.78, 5) is 29.6. The maximum Gasteiger partial charge on any atom is 0.335 e. The summed E-state index contributed by atoms with van der Waals surface area (Å²) in [7, 11) is 0. The topological polar surface area (TPSA) is 139 Å². The fourth-order valence-electron chi connectivity index (χ4n) is 5.55. The molecule has 2 aliphatic rings. The molecule has 0 amide bonds. The normalized spacial score (nSPS) is 19.5. The number of carboxylic acid groups (broad SMARTS) is 1. The van der Waals surface area contributed by atoms with E-state index in [1.165, 1.54) is 16.5 Å². The number of fused-ring (bicyclic) bond motifs is 1. The van der Waals surface area contributed by atoms with Gasteiger partial charge in [0.15, 0.2) is 5.76 Å². The fourth-order valence-corrected chi connectivity index (χ4v) is 5.55. The Bertz CT molecular complexity index is 1380. The van der Waals surface area contributed by atoms with Crippen molar-refractivity contribution < 1.29 is 14.3 Å². The minimum atomic E-state index is -0.879. The Morgan fingerprint density at radius 2 is 1.86 bits per heavy atom. The molecule has 1 aromatic carbocycles. The summed E-state index contributed by atoms with van der Waals surface area (Å²) in [6.45, 7) is 4.91. The molecule has 4 aromatic rings. The maximum absolute atomic E-state index is 11.1. The number of rotatable bonds is 6. The Labute approximate surface area is 213 Å². The number of hydrogen-bond donors (Lipinski definition) is 2. The van der Waals surface area contributed by atoms with Gasteiger partial charge in [-0.2, -0.15) is 19.5 Å². The summed E-state index contributed by atoms with van der Waals surface area (Å²) >= 11 is 0. The SMILES string of the molecule is Nc1nc(N2CCC[C@@H](CN3CCC(c4ccc(C(=O)O)cc4)CC3)C2)nc2nc(-c3ccco3)nn12. The Balaban J connectivity index is 1.08. The van der Waals surface area contributed by atoms with Crippen molar-refractivity contribution in [2.45, 2.75) is 31.6 Å². The molecule has 192 valence electrons. The highest BCUT2D eigenvalue weighted by Crippen LogP contribution is 2.30. The van der Waals surface area contributed by atoms with E-state index in [1.54, 1.807) is 30.5 Å². The van der Waals surface area contributed by atoms with Gasteiger partial charge in [0.2, 0.25) is 17.7 Å². The van der Waals surface area contributed by atoms with Crippen molar-refractivity contribution in [1.29, 1.82) is 0 Å². The molecule has 1 atom stereocenters. The lowest BCUT2D eigenvalue weighted by molar-refractivity contribution is 0.0697. The molecule has 3 N–H and O–H groups in total. The van der Waals surface area contributed by atoms with Gasteiger partial charge in [0.05, 0.1) is 11.8 Å². The molecule has 0 spiro atoms. The molecule has 3 aromatic heterocycles. The van der Waals surface area contributed by atoms with Gasteiger partial charge in [-0.15, -0.1) is 5.10 Å². The van der Waals surface area contributed by atoms with Gasteiger partial charge in [-0.1, -0.05) is 12.1 Å². The molecule has 0 saturated carbocycles. The lowest BCUT2D eigenvalue weighted by Crippen LogP contribution is -2.43. The van der Waals surface area contributed by atoms with Crippen molar-refractivity contribution >= 4 is 23.6 Å². The Hall–Kier alpha value is -3.99. The molecule has 2 saturated heterocycles. The molecular formula is C26H30N8O3. The van der Waals surface area contributed by atoms with Crippen LogP contribution in [0.3, 0.4) is 0 Å². The third-order valence-corrected chi connectivity index (χ3v) is 7.50. The van der Waals surface area contributed by atoms with E-state index >= 15 is 0 Å². The molecule has 0 bridgehead atoms. The second kappa shape index (κ2) is 9.81. The van der Waals surface area contributed by atoms with Crippen molar-refractivity contribution in [2.75, 3.05) is 43.4 Å². The molecule has 0 aliphatic carbocycles. The quantitative estimate of drug-likeness (QED) is 0.404. The van der Waals surface area contributed by atoms with Crippen molar-refractivity contribution in [3.05, 3.63) is 53.8 Å². The molecule has 6 rings (SSSR count). The monoisotopic (exact) mass is 502 g/mol. The van der Waals surface area contributed by atoms with E-state index in [0.717, 1.165) is 52.0 Å². The van der Waals surface area contributed by atoms with E-state index in [2.05, 4.69) is 29.9 Å². The summed E-state index contributed by atoms with van der Waals surface area (Å²) in [5, 5.41) is 13.5. The number of anilines is 2. The van der Waals surface area contributed by atoms with E-state index < -0.39 is 5.97 Å². The van der Waals surface area contributed by atoms with E-state index in [4.69, 9.17) is 15.3 Å². The largest absolute Gasteiger partial charge is 0.478 e. The first-order chi connectivity index (χ1) is 18.0. The van der Waals surface area contributed by atoms with E-state index in [0.29, 0.717) is 40.7 Å². The third kappa shape index (κ3) is 4.86. The smallest absolute Gasteiger partial charge is 0.335 e. The highest BCUT2D eigenvalue weighted by Gasteiger charge is 2.27. The number of nitrogen functional groups attached to an aromatic ring is 1. The number of piperidine rings is 2. The van der Waals surface area contributed by atoms with Crippen LogP contribution in [0, 0.1) is 5.92 Å². The van der Waals surface area contributed by atoms with Crippen LogP contribution < -0.4 is 10.6 Å². The van der Waals surface area contributed by atoms with E-state index in [9.17, 15) is 4.79 Å². The summed E-state index contributed by atoms with van der Waals surface area (Å²) in [5.41, 5.74) is 7.79. The number of benzene rings is 1. The van der Waals surface area contributed by atoms with Gasteiger partial charge < -0.3 is 25.1 Å². The van der Waals surface area contributed by atoms with Gasteiger partial charge in [0, 0.05) is 19.6 Å². The molecule has 5 heterocycles. The maximum atomic E-state index is 11.1. The van der Waals surface area contributed by atoms with Crippen LogP contribution in [-0.4, -0.2) is 73.3 Å². The Morgan fingerprint density at radius 3 is 2.59 bits per heavy atom. The summed E-state index contributed by atoms with van der Waals surface area (Å²) in [6, 6.07) is 11.0. The highest BCUT2D eigenvalue weighted by molar-refractivity contribution is 5.87. The van der Waals surface area contributed by atoms with Crippen LogP contribution in [0.15, 0.2) is 47.1 Å². The van der Waals surface area contributed by atoms with Crippen molar-refractivity contribution in [3.8, 4) is 11.6 Å². The van der Waals surface area contributed by atoms with E-state index in [-0.39, 0.29) is 5.95 Å². The van der Waals surface area contributed by atoms with Crippen LogP contribution in [0.5, 0.6) is 0 Å². The molecule has 2 aliphatic heterocycles. The number of hydrogen-bond acceptors (Lipinski definition) is 9. The van der Waals surface area contributed by atoms with Crippen molar-refractivity contribution in [2.24, 2.45) is 5.92 Å². The number of carbonyl (C=O) groups is 1. The number of aromatic nitrogens is 5. The minimum Gasteiger partial charge on any atom is -0.478 e. The van der Waals surface area contributed by atoms with Crippen molar-refractivity contribution in [1.82, 2.24) is 29.5 Å². The molecule has 11 nitrogen and oxygen atoms in total. The minimum absolute atomic E-state index is 0.255. The molecule has 11 heteroatoms. The first-order valence-electron chi connectivity index (χ1n) is 12.8. The van der Waals surface area contributed by atoms with Crippen LogP contribution in [0.1, 0.15) is 47.5 Å². The average molecular weight is 503 g/mol. The zero-order valence-electron chi connectivity index (χ0n) is 20.5. The molecule has 0 unspecified atom stereocenters. The summed E-state index contributed by atoms with van der Waals surface area (Å²) in [5.74, 6) is 2.39. The molecule has 37 heavy (non-hydrogen) atoms. The van der Waals surface area contributed by atoms with Crippen LogP contribution in [-0.2, 0) is 0 Å². The van der Waals surface area contributed by atoms with Crippen LogP contribution in [0.25, 0.3) is 17.4 Å². The standard InChI is InChI=1S/C26H30N8O3/c27-24-29-25(30-26-28-22(31-34(24)26)21-4-2-14-37-21)33-11-1-3-17(16-33)15-32-12-9-19(10-13-32)18-5-7-20(8-6-18)23(35)36/h2,4-8,14,17,19H,1,3,9-13,15-16H2,(H,35,36)(H2,27,28,29,30,31)/t17-/m0/s1. The van der Waals surface area contributed by atoms with Gasteiger partial charge in [-0.25, -0.2) is 4.79 Å². The Morgan fingerprint density at radius 1 is 1.05 bits per heavy atom.